The number of hydrogen-bond donors (Lipinski definition) is 0. The molecule has 17 heavy (non-hydrogen) atoms. The first kappa shape index (κ1) is 12.9. The molecule has 2 atom stereocenters. The smallest absolute Gasteiger partial charge is 0.194 e. The summed E-state index contributed by atoms with van der Waals surface area (Å²) in [6.45, 7) is 0. The average Bonchev–Trinajstić information content (AvgIpc) is 2.51. The summed E-state index contributed by atoms with van der Waals surface area (Å²) in [4.78, 5) is 0.336. The first-order valence-electron chi connectivity index (χ1n) is 5.87. The van der Waals surface area contributed by atoms with E-state index >= 15 is 0 Å². The van der Waals surface area contributed by atoms with E-state index in [0.29, 0.717) is 10.4 Å². The van der Waals surface area contributed by atoms with Crippen molar-refractivity contribution in [2.24, 2.45) is 0 Å². The van der Waals surface area contributed by atoms with Gasteiger partial charge in [0.05, 0.1) is 0 Å². The SMILES string of the molecule is Fc1ccc(C2CCCCC(Br)C2)c(F)c1F. The highest BCUT2D eigenvalue weighted by molar-refractivity contribution is 9.09. The fourth-order valence-corrected chi connectivity index (χ4v) is 3.21. The molecule has 2 unspecified atom stereocenters. The van der Waals surface area contributed by atoms with Gasteiger partial charge in [-0.15, -0.1) is 0 Å². The maximum atomic E-state index is 13.7. The number of rotatable bonds is 1. The van der Waals surface area contributed by atoms with Crippen LogP contribution in [0, 0.1) is 17.5 Å². The molecule has 0 saturated heterocycles. The Morgan fingerprint density at radius 3 is 2.47 bits per heavy atom. The Labute approximate surface area is 107 Å². The molecule has 0 N–H and O–H groups in total. The zero-order valence-corrected chi connectivity index (χ0v) is 10.9. The lowest BCUT2D eigenvalue weighted by atomic mass is 9.91. The van der Waals surface area contributed by atoms with Crippen LogP contribution in [0.5, 0.6) is 0 Å². The number of alkyl halides is 1. The van der Waals surface area contributed by atoms with Crippen LogP contribution in [0.25, 0.3) is 0 Å². The first-order valence-corrected chi connectivity index (χ1v) is 6.78. The van der Waals surface area contributed by atoms with Gasteiger partial charge in [0, 0.05) is 4.83 Å². The summed E-state index contributed by atoms with van der Waals surface area (Å²) in [5.41, 5.74) is 0.315. The van der Waals surface area contributed by atoms with Gasteiger partial charge in [0.2, 0.25) is 0 Å². The van der Waals surface area contributed by atoms with Gasteiger partial charge in [-0.1, -0.05) is 34.8 Å². The normalized spacial score (nSPS) is 25.6. The molecule has 0 nitrogen and oxygen atoms in total. The highest BCUT2D eigenvalue weighted by Crippen LogP contribution is 2.36. The largest absolute Gasteiger partial charge is 0.204 e. The lowest BCUT2D eigenvalue weighted by Gasteiger charge is -2.17. The van der Waals surface area contributed by atoms with E-state index in [0.717, 1.165) is 38.2 Å². The molecule has 0 aromatic heterocycles. The molecular weight excluding hydrogens is 293 g/mol. The molecule has 0 amide bonds. The van der Waals surface area contributed by atoms with Gasteiger partial charge in [-0.2, -0.15) is 0 Å². The summed E-state index contributed by atoms with van der Waals surface area (Å²) in [5.74, 6) is -3.50. The second kappa shape index (κ2) is 5.42. The topological polar surface area (TPSA) is 0 Å². The van der Waals surface area contributed by atoms with Crippen LogP contribution in [0.1, 0.15) is 43.6 Å². The standard InChI is InChI=1S/C13H14BrF3/c14-9-4-2-1-3-8(7-9)10-5-6-11(15)13(17)12(10)16/h5-6,8-9H,1-4,7H2. The van der Waals surface area contributed by atoms with Gasteiger partial charge < -0.3 is 0 Å². The Bertz CT molecular complexity index is 406. The molecule has 0 spiro atoms. The van der Waals surface area contributed by atoms with Crippen LogP contribution in [0.3, 0.4) is 0 Å². The van der Waals surface area contributed by atoms with E-state index < -0.39 is 17.5 Å². The lowest BCUT2D eigenvalue weighted by molar-refractivity contribution is 0.430. The molecule has 0 aliphatic heterocycles. The van der Waals surface area contributed by atoms with Crippen LogP contribution in [0.15, 0.2) is 12.1 Å². The van der Waals surface area contributed by atoms with Gasteiger partial charge in [0.1, 0.15) is 0 Å². The predicted molar refractivity (Wildman–Crippen MR) is 64.9 cm³/mol. The Morgan fingerprint density at radius 2 is 1.71 bits per heavy atom. The molecule has 1 aliphatic rings. The summed E-state index contributed by atoms with van der Waals surface area (Å²) in [6.07, 6.45) is 4.77. The van der Waals surface area contributed by atoms with Crippen LogP contribution < -0.4 is 0 Å². The molecule has 4 heteroatoms. The van der Waals surface area contributed by atoms with Crippen molar-refractivity contribution in [1.82, 2.24) is 0 Å². The molecule has 1 fully saturated rings. The van der Waals surface area contributed by atoms with Gasteiger partial charge in [0.25, 0.3) is 0 Å². The van der Waals surface area contributed by atoms with E-state index in [-0.39, 0.29) is 5.92 Å². The Morgan fingerprint density at radius 1 is 1.00 bits per heavy atom. The minimum Gasteiger partial charge on any atom is -0.204 e. The minimum atomic E-state index is -1.35. The van der Waals surface area contributed by atoms with Crippen molar-refractivity contribution in [3.63, 3.8) is 0 Å². The fourth-order valence-electron chi connectivity index (χ4n) is 2.44. The number of hydrogen-bond acceptors (Lipinski definition) is 0. The molecule has 1 aliphatic carbocycles. The molecule has 0 heterocycles. The van der Waals surface area contributed by atoms with E-state index in [1.54, 1.807) is 0 Å². The number of benzene rings is 1. The van der Waals surface area contributed by atoms with E-state index in [4.69, 9.17) is 0 Å². The summed E-state index contributed by atoms with van der Waals surface area (Å²) in [7, 11) is 0. The van der Waals surface area contributed by atoms with E-state index in [1.165, 1.54) is 6.07 Å². The zero-order valence-electron chi connectivity index (χ0n) is 9.36. The van der Waals surface area contributed by atoms with Gasteiger partial charge >= 0.3 is 0 Å². The summed E-state index contributed by atoms with van der Waals surface area (Å²) < 4.78 is 39.7. The summed E-state index contributed by atoms with van der Waals surface area (Å²) in [5, 5.41) is 0. The quantitative estimate of drug-likeness (QED) is 0.393. The lowest BCUT2D eigenvalue weighted by Crippen LogP contribution is -2.08. The molecule has 0 bridgehead atoms. The van der Waals surface area contributed by atoms with Gasteiger partial charge in [-0.25, -0.2) is 13.2 Å². The van der Waals surface area contributed by atoms with Crippen LogP contribution >= 0.6 is 15.9 Å². The fraction of sp³-hybridized carbons (Fsp3) is 0.538. The van der Waals surface area contributed by atoms with Crippen molar-refractivity contribution in [3.8, 4) is 0 Å². The summed E-state index contributed by atoms with van der Waals surface area (Å²) in [6, 6.07) is 2.39. The van der Waals surface area contributed by atoms with Crippen molar-refractivity contribution < 1.29 is 13.2 Å². The van der Waals surface area contributed by atoms with Crippen molar-refractivity contribution >= 4 is 15.9 Å². The zero-order chi connectivity index (χ0) is 12.4. The molecule has 2 rings (SSSR count). The minimum absolute atomic E-state index is 0.0167. The van der Waals surface area contributed by atoms with Crippen molar-refractivity contribution in [1.29, 1.82) is 0 Å². The molecule has 94 valence electrons. The molecular formula is C13H14BrF3. The van der Waals surface area contributed by atoms with Gasteiger partial charge in [0.15, 0.2) is 17.5 Å². The third-order valence-electron chi connectivity index (χ3n) is 3.37. The molecule has 1 aromatic carbocycles. The Hall–Kier alpha value is -0.510. The second-order valence-corrected chi connectivity index (χ2v) is 5.87. The first-order chi connectivity index (χ1) is 8.09. The third-order valence-corrected chi connectivity index (χ3v) is 4.20. The van der Waals surface area contributed by atoms with E-state index in [1.807, 2.05) is 0 Å². The van der Waals surface area contributed by atoms with Crippen LogP contribution in [0.4, 0.5) is 13.2 Å². The van der Waals surface area contributed by atoms with E-state index in [9.17, 15) is 13.2 Å². The van der Waals surface area contributed by atoms with Crippen molar-refractivity contribution in [2.75, 3.05) is 0 Å². The maximum Gasteiger partial charge on any atom is 0.194 e. The number of halogens is 4. The highest BCUT2D eigenvalue weighted by atomic mass is 79.9. The maximum absolute atomic E-state index is 13.7. The van der Waals surface area contributed by atoms with E-state index in [2.05, 4.69) is 15.9 Å². The highest BCUT2D eigenvalue weighted by Gasteiger charge is 2.24. The Kier molecular flexibility index (Phi) is 4.13. The molecule has 0 radical (unpaired) electrons. The predicted octanol–water partition coefficient (Wildman–Crippen LogP) is 4.92. The van der Waals surface area contributed by atoms with Crippen LogP contribution in [-0.2, 0) is 0 Å². The average molecular weight is 307 g/mol. The van der Waals surface area contributed by atoms with Gasteiger partial charge in [-0.05, 0) is 36.8 Å². The molecule has 1 aromatic rings. The monoisotopic (exact) mass is 306 g/mol. The van der Waals surface area contributed by atoms with Crippen LogP contribution in [-0.4, -0.2) is 4.83 Å². The Balaban J connectivity index is 2.29. The summed E-state index contributed by atoms with van der Waals surface area (Å²) >= 11 is 3.54. The third kappa shape index (κ3) is 2.84. The van der Waals surface area contributed by atoms with Crippen molar-refractivity contribution in [3.05, 3.63) is 35.1 Å². The van der Waals surface area contributed by atoms with Gasteiger partial charge in [-0.3, -0.25) is 0 Å². The second-order valence-electron chi connectivity index (χ2n) is 4.58. The van der Waals surface area contributed by atoms with Crippen LogP contribution in [0.2, 0.25) is 0 Å². The van der Waals surface area contributed by atoms with Crippen molar-refractivity contribution in [2.45, 2.75) is 42.8 Å². The molecule has 1 saturated carbocycles.